The number of rotatable bonds is 3. The van der Waals surface area contributed by atoms with Crippen LogP contribution in [0.2, 0.25) is 0 Å². The first-order valence-corrected chi connectivity index (χ1v) is 5.63. The number of carboxylic acid groups (broad SMARTS) is 1. The molecular formula is C13H16O3. The van der Waals surface area contributed by atoms with Crippen LogP contribution < -0.4 is 0 Å². The first-order valence-electron chi connectivity index (χ1n) is 5.63. The third-order valence-electron chi connectivity index (χ3n) is 3.53. The second-order valence-electron chi connectivity index (χ2n) is 4.37. The summed E-state index contributed by atoms with van der Waals surface area (Å²) in [5.41, 5.74) is 1.14. The van der Waals surface area contributed by atoms with Gasteiger partial charge < -0.3 is 10.2 Å². The number of carboxylic acids is 1. The van der Waals surface area contributed by atoms with Crippen LogP contribution in [-0.4, -0.2) is 22.8 Å². The van der Waals surface area contributed by atoms with Crippen LogP contribution in [-0.2, 0) is 16.6 Å². The molecule has 0 spiro atoms. The molecular weight excluding hydrogens is 204 g/mol. The van der Waals surface area contributed by atoms with Gasteiger partial charge in [0, 0.05) is 6.61 Å². The Morgan fingerprint density at radius 2 is 2.12 bits per heavy atom. The second kappa shape index (κ2) is 4.26. The summed E-state index contributed by atoms with van der Waals surface area (Å²) in [5.74, 6) is -0.811. The van der Waals surface area contributed by atoms with Crippen molar-refractivity contribution in [2.75, 3.05) is 6.61 Å². The Labute approximate surface area is 94.7 Å². The number of hydrogen-bond acceptors (Lipinski definition) is 2. The minimum Gasteiger partial charge on any atom is -0.481 e. The van der Waals surface area contributed by atoms with E-state index in [1.54, 1.807) is 0 Å². The number of aliphatic carboxylic acids is 1. The van der Waals surface area contributed by atoms with Crippen molar-refractivity contribution in [3.8, 4) is 0 Å². The zero-order valence-electron chi connectivity index (χ0n) is 9.15. The fourth-order valence-electron chi connectivity index (χ4n) is 2.70. The van der Waals surface area contributed by atoms with Crippen LogP contribution in [0.3, 0.4) is 0 Å². The van der Waals surface area contributed by atoms with Crippen molar-refractivity contribution in [2.24, 2.45) is 0 Å². The van der Waals surface area contributed by atoms with E-state index in [-0.39, 0.29) is 6.61 Å². The average molecular weight is 220 g/mol. The molecule has 0 aromatic heterocycles. The quantitative estimate of drug-likeness (QED) is 0.815. The molecule has 1 aliphatic carbocycles. The normalized spacial score (nSPS) is 23.8. The number of aliphatic hydroxyl groups excluding tert-OH is 1. The molecule has 0 amide bonds. The van der Waals surface area contributed by atoms with Crippen molar-refractivity contribution in [3.05, 3.63) is 35.4 Å². The van der Waals surface area contributed by atoms with Crippen LogP contribution in [0.25, 0.3) is 0 Å². The molecule has 3 heteroatoms. The van der Waals surface area contributed by atoms with Crippen LogP contribution >= 0.6 is 0 Å². The minimum absolute atomic E-state index is 0.0827. The predicted octanol–water partition coefficient (Wildman–Crippen LogP) is 1.73. The molecule has 0 radical (unpaired) electrons. The Morgan fingerprint density at radius 1 is 1.38 bits per heavy atom. The largest absolute Gasteiger partial charge is 0.481 e. The summed E-state index contributed by atoms with van der Waals surface area (Å²) in [7, 11) is 0. The van der Waals surface area contributed by atoms with Gasteiger partial charge in [0.15, 0.2) is 0 Å². The zero-order valence-corrected chi connectivity index (χ0v) is 9.15. The molecule has 1 aromatic carbocycles. The lowest BCUT2D eigenvalue weighted by molar-refractivity contribution is -0.145. The van der Waals surface area contributed by atoms with Gasteiger partial charge in [-0.2, -0.15) is 0 Å². The molecule has 0 saturated carbocycles. The molecule has 2 rings (SSSR count). The van der Waals surface area contributed by atoms with Gasteiger partial charge in [-0.1, -0.05) is 24.3 Å². The van der Waals surface area contributed by atoms with Crippen LogP contribution in [0.4, 0.5) is 0 Å². The molecule has 1 aromatic rings. The lowest BCUT2D eigenvalue weighted by Gasteiger charge is -2.35. The number of aryl methyl sites for hydroxylation is 1. The highest BCUT2D eigenvalue weighted by Crippen LogP contribution is 2.40. The first kappa shape index (κ1) is 11.1. The van der Waals surface area contributed by atoms with Crippen molar-refractivity contribution < 1.29 is 15.0 Å². The van der Waals surface area contributed by atoms with Gasteiger partial charge in [-0.25, -0.2) is 0 Å². The van der Waals surface area contributed by atoms with E-state index < -0.39 is 11.4 Å². The van der Waals surface area contributed by atoms with Gasteiger partial charge in [0.2, 0.25) is 0 Å². The molecule has 0 saturated heterocycles. The molecule has 1 aliphatic rings. The van der Waals surface area contributed by atoms with Gasteiger partial charge in [0.25, 0.3) is 0 Å². The molecule has 1 unspecified atom stereocenters. The van der Waals surface area contributed by atoms with Crippen LogP contribution in [0.1, 0.15) is 30.4 Å². The maximum atomic E-state index is 11.5. The molecule has 0 fully saturated rings. The Morgan fingerprint density at radius 3 is 2.81 bits per heavy atom. The Bertz CT molecular complexity index is 400. The first-order chi connectivity index (χ1) is 7.70. The van der Waals surface area contributed by atoms with Gasteiger partial charge in [-0.3, -0.25) is 4.79 Å². The Balaban J connectivity index is 2.52. The molecule has 1 atom stereocenters. The number of aliphatic hydroxyl groups is 1. The predicted molar refractivity (Wildman–Crippen MR) is 60.4 cm³/mol. The van der Waals surface area contributed by atoms with Crippen molar-refractivity contribution in [2.45, 2.75) is 31.1 Å². The summed E-state index contributed by atoms with van der Waals surface area (Å²) in [6, 6.07) is 7.69. The molecule has 86 valence electrons. The van der Waals surface area contributed by atoms with Crippen molar-refractivity contribution >= 4 is 5.97 Å². The fraction of sp³-hybridized carbons (Fsp3) is 0.462. The maximum absolute atomic E-state index is 11.5. The molecule has 0 aliphatic heterocycles. The SMILES string of the molecule is O=C(O)C1(CCO)CCCc2ccccc21. The average Bonchev–Trinajstić information content (AvgIpc) is 2.29. The summed E-state index contributed by atoms with van der Waals surface area (Å²) in [5, 5.41) is 18.6. The molecule has 3 nitrogen and oxygen atoms in total. The number of fused-ring (bicyclic) bond motifs is 1. The Hall–Kier alpha value is -1.35. The summed E-state index contributed by atoms with van der Waals surface area (Å²) in [4.78, 5) is 11.5. The van der Waals surface area contributed by atoms with Gasteiger partial charge in [-0.05, 0) is 36.8 Å². The smallest absolute Gasteiger partial charge is 0.314 e. The van der Waals surface area contributed by atoms with Gasteiger partial charge in [0.05, 0.1) is 5.41 Å². The summed E-state index contributed by atoms with van der Waals surface area (Å²) in [6.07, 6.45) is 2.75. The lowest BCUT2D eigenvalue weighted by atomic mass is 9.68. The third-order valence-corrected chi connectivity index (χ3v) is 3.53. The molecule has 0 heterocycles. The fourth-order valence-corrected chi connectivity index (χ4v) is 2.70. The minimum atomic E-state index is -0.871. The van der Waals surface area contributed by atoms with Crippen molar-refractivity contribution in [3.63, 3.8) is 0 Å². The Kier molecular flexibility index (Phi) is 2.97. The van der Waals surface area contributed by atoms with E-state index in [1.165, 1.54) is 0 Å². The molecule has 2 N–H and O–H groups in total. The van der Waals surface area contributed by atoms with E-state index in [4.69, 9.17) is 5.11 Å². The molecule has 0 bridgehead atoms. The van der Waals surface area contributed by atoms with E-state index in [2.05, 4.69) is 0 Å². The van der Waals surface area contributed by atoms with E-state index in [1.807, 2.05) is 24.3 Å². The maximum Gasteiger partial charge on any atom is 0.314 e. The molecule has 16 heavy (non-hydrogen) atoms. The summed E-state index contributed by atoms with van der Waals surface area (Å²) < 4.78 is 0. The highest BCUT2D eigenvalue weighted by molar-refractivity contribution is 5.82. The van der Waals surface area contributed by atoms with Crippen LogP contribution in [0, 0.1) is 0 Å². The van der Waals surface area contributed by atoms with E-state index >= 15 is 0 Å². The second-order valence-corrected chi connectivity index (χ2v) is 4.37. The number of benzene rings is 1. The monoisotopic (exact) mass is 220 g/mol. The van der Waals surface area contributed by atoms with Crippen LogP contribution in [0.15, 0.2) is 24.3 Å². The number of carbonyl (C=O) groups is 1. The van der Waals surface area contributed by atoms with Crippen molar-refractivity contribution in [1.82, 2.24) is 0 Å². The lowest BCUT2D eigenvalue weighted by Crippen LogP contribution is -2.40. The van der Waals surface area contributed by atoms with E-state index in [0.717, 1.165) is 24.0 Å². The topological polar surface area (TPSA) is 57.5 Å². The highest BCUT2D eigenvalue weighted by Gasteiger charge is 2.42. The van der Waals surface area contributed by atoms with Crippen LogP contribution in [0.5, 0.6) is 0 Å². The van der Waals surface area contributed by atoms with Crippen molar-refractivity contribution in [1.29, 1.82) is 0 Å². The zero-order chi connectivity index (χ0) is 11.6. The van der Waals surface area contributed by atoms with Gasteiger partial charge in [-0.15, -0.1) is 0 Å². The standard InChI is InChI=1S/C13H16O3/c14-9-8-13(12(15)16)7-3-5-10-4-1-2-6-11(10)13/h1-2,4,6,14H,3,5,7-9H2,(H,15,16). The highest BCUT2D eigenvalue weighted by atomic mass is 16.4. The van der Waals surface area contributed by atoms with E-state index in [0.29, 0.717) is 12.8 Å². The third kappa shape index (κ3) is 1.61. The summed E-state index contributed by atoms with van der Waals surface area (Å²) >= 11 is 0. The summed E-state index contributed by atoms with van der Waals surface area (Å²) in [6.45, 7) is -0.0827. The van der Waals surface area contributed by atoms with E-state index in [9.17, 15) is 9.90 Å². The van der Waals surface area contributed by atoms with Gasteiger partial charge in [0.1, 0.15) is 0 Å². The number of hydrogen-bond donors (Lipinski definition) is 2. The van der Waals surface area contributed by atoms with Gasteiger partial charge >= 0.3 is 5.97 Å².